The molecule has 4 heteroatoms. The van der Waals surface area contributed by atoms with Gasteiger partial charge in [-0.1, -0.05) is 18.2 Å². The number of ether oxygens (including phenoxy) is 3. The average molecular weight is 210 g/mol. The quantitative estimate of drug-likeness (QED) is 0.795. The van der Waals surface area contributed by atoms with Crippen LogP contribution in [0.3, 0.4) is 0 Å². The lowest BCUT2D eigenvalue weighted by molar-refractivity contribution is -0.282. The summed E-state index contributed by atoms with van der Waals surface area (Å²) in [6.45, 7) is 0.360. The maximum atomic E-state index is 9.01. The van der Waals surface area contributed by atoms with Gasteiger partial charge in [-0.05, 0) is 16.7 Å². The van der Waals surface area contributed by atoms with Gasteiger partial charge in [0.25, 0.3) is 6.48 Å². The zero-order chi connectivity index (χ0) is 10.7. The smallest absolute Gasteiger partial charge is 0.271 e. The molecule has 2 rings (SSSR count). The highest BCUT2D eigenvalue weighted by molar-refractivity contribution is 5.31. The van der Waals surface area contributed by atoms with Crippen molar-refractivity contribution in [2.45, 2.75) is 26.3 Å². The third kappa shape index (κ3) is 2.35. The summed E-state index contributed by atoms with van der Waals surface area (Å²) in [5.74, 6) is 0. The van der Waals surface area contributed by atoms with Gasteiger partial charge in [0, 0.05) is 7.11 Å². The van der Waals surface area contributed by atoms with Crippen molar-refractivity contribution in [2.24, 2.45) is 0 Å². The third-order valence-electron chi connectivity index (χ3n) is 2.40. The molecule has 1 aliphatic heterocycles. The van der Waals surface area contributed by atoms with E-state index in [1.54, 1.807) is 7.11 Å². The SMILES string of the molecule is COC1OCc2ccc(CO)cc2CO1. The number of methoxy groups -OCH3 is 1. The second kappa shape index (κ2) is 4.72. The van der Waals surface area contributed by atoms with Crippen molar-refractivity contribution in [3.05, 3.63) is 34.9 Å². The van der Waals surface area contributed by atoms with E-state index in [2.05, 4.69) is 0 Å². The van der Waals surface area contributed by atoms with Gasteiger partial charge in [-0.3, -0.25) is 0 Å². The summed E-state index contributed by atoms with van der Waals surface area (Å²) < 4.78 is 15.7. The van der Waals surface area contributed by atoms with Crippen LogP contribution in [0.2, 0.25) is 0 Å². The number of rotatable bonds is 2. The highest BCUT2D eigenvalue weighted by Crippen LogP contribution is 2.20. The highest BCUT2D eigenvalue weighted by Gasteiger charge is 2.16. The predicted octanol–water partition coefficient (Wildman–Crippen LogP) is 1.16. The van der Waals surface area contributed by atoms with Crippen molar-refractivity contribution in [1.29, 1.82) is 0 Å². The minimum absolute atomic E-state index is 0.0435. The summed E-state index contributed by atoms with van der Waals surface area (Å²) in [4.78, 5) is 0. The second-order valence-electron chi connectivity index (χ2n) is 3.41. The first-order valence-electron chi connectivity index (χ1n) is 4.81. The van der Waals surface area contributed by atoms with Crippen molar-refractivity contribution < 1.29 is 19.3 Å². The Bertz CT molecular complexity index is 337. The van der Waals surface area contributed by atoms with Crippen LogP contribution in [0.15, 0.2) is 18.2 Å². The summed E-state index contributed by atoms with van der Waals surface area (Å²) in [6, 6.07) is 5.76. The van der Waals surface area contributed by atoms with Crippen molar-refractivity contribution in [3.63, 3.8) is 0 Å². The number of aliphatic hydroxyl groups excluding tert-OH is 1. The average Bonchev–Trinajstić information content (AvgIpc) is 2.50. The number of hydrogen-bond donors (Lipinski definition) is 1. The molecule has 1 aromatic carbocycles. The van der Waals surface area contributed by atoms with Gasteiger partial charge in [-0.2, -0.15) is 0 Å². The molecule has 0 amide bonds. The van der Waals surface area contributed by atoms with Crippen molar-refractivity contribution in [2.75, 3.05) is 7.11 Å². The molecule has 4 nitrogen and oxygen atoms in total. The second-order valence-corrected chi connectivity index (χ2v) is 3.41. The summed E-state index contributed by atoms with van der Waals surface area (Å²) >= 11 is 0. The lowest BCUT2D eigenvalue weighted by atomic mass is 10.1. The molecule has 15 heavy (non-hydrogen) atoms. The molecular weight excluding hydrogens is 196 g/mol. The lowest BCUT2D eigenvalue weighted by Crippen LogP contribution is -2.16. The number of fused-ring (bicyclic) bond motifs is 1. The standard InChI is InChI=1S/C11H14O4/c1-13-11-14-6-9-3-2-8(5-12)4-10(9)7-15-11/h2-4,11-12H,5-7H2,1H3. The van der Waals surface area contributed by atoms with Gasteiger partial charge in [0.05, 0.1) is 19.8 Å². The normalized spacial score (nSPS) is 20.8. The van der Waals surface area contributed by atoms with Crippen molar-refractivity contribution in [1.82, 2.24) is 0 Å². The Labute approximate surface area is 88.4 Å². The third-order valence-corrected chi connectivity index (χ3v) is 2.40. The molecule has 1 heterocycles. The first kappa shape index (κ1) is 10.6. The van der Waals surface area contributed by atoms with Crippen LogP contribution in [0.1, 0.15) is 16.7 Å². The Hall–Kier alpha value is -0.940. The van der Waals surface area contributed by atoms with Crippen molar-refractivity contribution >= 4 is 0 Å². The van der Waals surface area contributed by atoms with Crippen LogP contribution in [0, 0.1) is 0 Å². The molecule has 0 saturated heterocycles. The van der Waals surface area contributed by atoms with Gasteiger partial charge < -0.3 is 19.3 Å². The van der Waals surface area contributed by atoms with Crippen LogP contribution in [0.25, 0.3) is 0 Å². The van der Waals surface area contributed by atoms with Crippen LogP contribution >= 0.6 is 0 Å². The molecule has 0 bridgehead atoms. The monoisotopic (exact) mass is 210 g/mol. The highest BCUT2D eigenvalue weighted by atomic mass is 16.8. The van der Waals surface area contributed by atoms with E-state index < -0.39 is 6.48 Å². The van der Waals surface area contributed by atoms with Crippen molar-refractivity contribution in [3.8, 4) is 0 Å². The fourth-order valence-corrected chi connectivity index (χ4v) is 1.55. The van der Waals surface area contributed by atoms with Gasteiger partial charge >= 0.3 is 0 Å². The van der Waals surface area contributed by atoms with Crippen LogP contribution in [0.5, 0.6) is 0 Å². The topological polar surface area (TPSA) is 47.9 Å². The fourth-order valence-electron chi connectivity index (χ4n) is 1.55. The minimum atomic E-state index is -0.602. The Morgan fingerprint density at radius 2 is 2.07 bits per heavy atom. The van der Waals surface area contributed by atoms with E-state index in [0.29, 0.717) is 13.2 Å². The Kier molecular flexibility index (Phi) is 3.33. The molecule has 0 aromatic heterocycles. The summed E-state index contributed by atoms with van der Waals surface area (Å²) in [7, 11) is 1.54. The molecule has 0 spiro atoms. The van der Waals surface area contributed by atoms with E-state index in [1.807, 2.05) is 18.2 Å². The molecule has 1 unspecified atom stereocenters. The summed E-state index contributed by atoms with van der Waals surface area (Å²) in [6.07, 6.45) is 0. The Balaban J connectivity index is 2.20. The van der Waals surface area contributed by atoms with Gasteiger partial charge in [0.15, 0.2) is 0 Å². The predicted molar refractivity (Wildman–Crippen MR) is 52.7 cm³/mol. The van der Waals surface area contributed by atoms with E-state index in [1.165, 1.54) is 0 Å². The minimum Gasteiger partial charge on any atom is -0.392 e. The molecule has 0 radical (unpaired) electrons. The molecule has 1 atom stereocenters. The molecule has 82 valence electrons. The van der Waals surface area contributed by atoms with Crippen LogP contribution in [0.4, 0.5) is 0 Å². The van der Waals surface area contributed by atoms with E-state index in [-0.39, 0.29) is 6.61 Å². The molecule has 0 fully saturated rings. The molecule has 0 saturated carbocycles. The summed E-state index contributed by atoms with van der Waals surface area (Å²) in [5, 5.41) is 9.01. The maximum absolute atomic E-state index is 9.01. The van der Waals surface area contributed by atoms with Crippen LogP contribution in [-0.2, 0) is 34.0 Å². The van der Waals surface area contributed by atoms with E-state index in [9.17, 15) is 0 Å². The Morgan fingerprint density at radius 3 is 2.73 bits per heavy atom. The molecular formula is C11H14O4. The van der Waals surface area contributed by atoms with Gasteiger partial charge in [0.1, 0.15) is 0 Å². The van der Waals surface area contributed by atoms with E-state index in [0.717, 1.165) is 16.7 Å². The zero-order valence-corrected chi connectivity index (χ0v) is 8.60. The first-order valence-corrected chi connectivity index (χ1v) is 4.81. The summed E-state index contributed by atoms with van der Waals surface area (Å²) in [5.41, 5.74) is 3.00. The molecule has 1 aromatic rings. The van der Waals surface area contributed by atoms with E-state index in [4.69, 9.17) is 19.3 Å². The molecule has 1 aliphatic rings. The largest absolute Gasteiger partial charge is 0.392 e. The first-order chi connectivity index (χ1) is 7.33. The number of hydrogen-bond acceptors (Lipinski definition) is 4. The fraction of sp³-hybridized carbons (Fsp3) is 0.455. The van der Waals surface area contributed by atoms with Gasteiger partial charge in [-0.15, -0.1) is 0 Å². The Morgan fingerprint density at radius 1 is 1.33 bits per heavy atom. The van der Waals surface area contributed by atoms with Crippen LogP contribution in [-0.4, -0.2) is 18.7 Å². The number of benzene rings is 1. The zero-order valence-electron chi connectivity index (χ0n) is 8.60. The molecule has 0 aliphatic carbocycles. The molecule has 1 N–H and O–H groups in total. The maximum Gasteiger partial charge on any atom is 0.271 e. The number of aliphatic hydroxyl groups is 1. The lowest BCUT2D eigenvalue weighted by Gasteiger charge is -2.11. The van der Waals surface area contributed by atoms with Crippen LogP contribution < -0.4 is 0 Å². The van der Waals surface area contributed by atoms with Gasteiger partial charge in [0.2, 0.25) is 0 Å². The van der Waals surface area contributed by atoms with E-state index >= 15 is 0 Å². The van der Waals surface area contributed by atoms with Gasteiger partial charge in [-0.25, -0.2) is 0 Å².